The van der Waals surface area contributed by atoms with Gasteiger partial charge in [-0.2, -0.15) is 0 Å². The highest BCUT2D eigenvalue weighted by Gasteiger charge is 2.17. The Labute approximate surface area is 135 Å². The van der Waals surface area contributed by atoms with E-state index in [0.29, 0.717) is 10.8 Å². The van der Waals surface area contributed by atoms with Crippen molar-refractivity contribution in [1.29, 1.82) is 0 Å². The van der Waals surface area contributed by atoms with Crippen LogP contribution in [-0.4, -0.2) is 32.9 Å². The van der Waals surface area contributed by atoms with Crippen molar-refractivity contribution in [3.05, 3.63) is 23.4 Å². The summed E-state index contributed by atoms with van der Waals surface area (Å²) in [4.78, 5) is 16.1. The van der Waals surface area contributed by atoms with E-state index in [1.807, 2.05) is 13.8 Å². The van der Waals surface area contributed by atoms with Gasteiger partial charge in [0, 0.05) is 12.7 Å². The summed E-state index contributed by atoms with van der Waals surface area (Å²) in [5, 5.41) is 14.8. The zero-order valence-electron chi connectivity index (χ0n) is 11.5. The van der Waals surface area contributed by atoms with E-state index in [4.69, 9.17) is 11.6 Å². The standard InChI is InChI=1S/C12H14ClN5OS2/c1-3-14-11-17-18-12(21-11)20-7(2)10(19)16-9-5-4-8(13)6-15-9/h4-7H,3H2,1-2H3,(H,14,17)(H,15,16,19)/t7-/m0/s1. The average molecular weight is 344 g/mol. The molecule has 2 aromatic heterocycles. The molecular weight excluding hydrogens is 330 g/mol. The summed E-state index contributed by atoms with van der Waals surface area (Å²) in [6, 6.07) is 3.33. The van der Waals surface area contributed by atoms with Crippen molar-refractivity contribution in [3.8, 4) is 0 Å². The summed E-state index contributed by atoms with van der Waals surface area (Å²) < 4.78 is 0.748. The Morgan fingerprint density at radius 3 is 2.95 bits per heavy atom. The molecule has 9 heteroatoms. The van der Waals surface area contributed by atoms with E-state index in [0.717, 1.165) is 16.0 Å². The molecule has 0 saturated heterocycles. The van der Waals surface area contributed by atoms with Crippen LogP contribution in [0.5, 0.6) is 0 Å². The van der Waals surface area contributed by atoms with Gasteiger partial charge in [-0.1, -0.05) is 34.7 Å². The van der Waals surface area contributed by atoms with E-state index in [9.17, 15) is 4.79 Å². The largest absolute Gasteiger partial charge is 0.360 e. The minimum Gasteiger partial charge on any atom is -0.360 e. The molecule has 0 aliphatic rings. The summed E-state index contributed by atoms with van der Waals surface area (Å²) in [5.74, 6) is 0.331. The smallest absolute Gasteiger partial charge is 0.238 e. The third-order valence-corrected chi connectivity index (χ3v) is 4.65. The van der Waals surface area contributed by atoms with E-state index < -0.39 is 0 Å². The zero-order valence-corrected chi connectivity index (χ0v) is 13.8. The van der Waals surface area contributed by atoms with Crippen LogP contribution >= 0.6 is 34.7 Å². The van der Waals surface area contributed by atoms with Crippen molar-refractivity contribution >= 4 is 51.6 Å². The number of amides is 1. The number of aromatic nitrogens is 3. The lowest BCUT2D eigenvalue weighted by molar-refractivity contribution is -0.115. The number of carbonyl (C=O) groups is 1. The first-order valence-corrected chi connectivity index (χ1v) is 8.32. The highest BCUT2D eigenvalue weighted by Crippen LogP contribution is 2.29. The molecule has 2 heterocycles. The number of rotatable bonds is 6. The monoisotopic (exact) mass is 343 g/mol. The Morgan fingerprint density at radius 2 is 2.29 bits per heavy atom. The number of halogens is 1. The third-order valence-electron chi connectivity index (χ3n) is 2.36. The predicted octanol–water partition coefficient (Wildman–Crippen LogP) is 3.14. The Hall–Kier alpha value is -1.38. The van der Waals surface area contributed by atoms with Crippen LogP contribution in [0.15, 0.2) is 22.7 Å². The van der Waals surface area contributed by atoms with E-state index in [2.05, 4.69) is 25.8 Å². The number of nitrogens with one attached hydrogen (secondary N) is 2. The second-order valence-corrected chi connectivity index (χ2v) is 7.02. The van der Waals surface area contributed by atoms with Crippen LogP contribution in [0.3, 0.4) is 0 Å². The molecule has 0 aromatic carbocycles. The first-order chi connectivity index (χ1) is 10.1. The summed E-state index contributed by atoms with van der Waals surface area (Å²) in [5.41, 5.74) is 0. The van der Waals surface area contributed by atoms with E-state index >= 15 is 0 Å². The fourth-order valence-electron chi connectivity index (χ4n) is 1.36. The molecule has 1 atom stereocenters. The molecule has 1 amide bonds. The lowest BCUT2D eigenvalue weighted by Gasteiger charge is -2.09. The Morgan fingerprint density at radius 1 is 1.48 bits per heavy atom. The molecule has 6 nitrogen and oxygen atoms in total. The van der Waals surface area contributed by atoms with Gasteiger partial charge < -0.3 is 10.6 Å². The Balaban J connectivity index is 1.90. The maximum Gasteiger partial charge on any atom is 0.238 e. The van der Waals surface area contributed by atoms with E-state index in [-0.39, 0.29) is 11.2 Å². The fourth-order valence-corrected chi connectivity index (χ4v) is 3.44. The van der Waals surface area contributed by atoms with Gasteiger partial charge in [0.1, 0.15) is 5.82 Å². The van der Waals surface area contributed by atoms with Crippen molar-refractivity contribution in [3.63, 3.8) is 0 Å². The SMILES string of the molecule is CCNc1nnc(S[C@@H](C)C(=O)Nc2ccc(Cl)cn2)s1. The molecule has 0 spiro atoms. The van der Waals surface area contributed by atoms with Crippen LogP contribution in [0.4, 0.5) is 10.9 Å². The summed E-state index contributed by atoms with van der Waals surface area (Å²) in [6.45, 7) is 4.59. The molecule has 2 aromatic rings. The molecular formula is C12H14ClN5OS2. The molecule has 2 rings (SSSR count). The highest BCUT2D eigenvalue weighted by atomic mass is 35.5. The number of anilines is 2. The maximum atomic E-state index is 12.1. The summed E-state index contributed by atoms with van der Waals surface area (Å²) in [6.07, 6.45) is 1.49. The minimum atomic E-state index is -0.301. The molecule has 0 radical (unpaired) electrons. The van der Waals surface area contributed by atoms with Crippen molar-refractivity contribution in [2.75, 3.05) is 17.2 Å². The topological polar surface area (TPSA) is 79.8 Å². The molecule has 0 aliphatic carbocycles. The van der Waals surface area contributed by atoms with Crippen molar-refractivity contribution in [2.45, 2.75) is 23.4 Å². The van der Waals surface area contributed by atoms with Crippen LogP contribution in [-0.2, 0) is 4.79 Å². The summed E-state index contributed by atoms with van der Waals surface area (Å²) in [7, 11) is 0. The second kappa shape index (κ2) is 7.58. The second-order valence-electron chi connectivity index (χ2n) is 4.01. The molecule has 0 aliphatic heterocycles. The van der Waals surface area contributed by atoms with Crippen LogP contribution in [0, 0.1) is 0 Å². The quantitative estimate of drug-likeness (QED) is 0.784. The van der Waals surface area contributed by atoms with Crippen LogP contribution in [0.25, 0.3) is 0 Å². The number of thioether (sulfide) groups is 1. The number of hydrogen-bond donors (Lipinski definition) is 2. The van der Waals surface area contributed by atoms with Gasteiger partial charge in [0.25, 0.3) is 0 Å². The fraction of sp³-hybridized carbons (Fsp3) is 0.333. The molecule has 0 saturated carbocycles. The van der Waals surface area contributed by atoms with E-state index in [1.165, 1.54) is 29.3 Å². The van der Waals surface area contributed by atoms with Crippen LogP contribution in [0.1, 0.15) is 13.8 Å². The van der Waals surface area contributed by atoms with Crippen molar-refractivity contribution in [2.24, 2.45) is 0 Å². The Bertz CT molecular complexity index is 604. The van der Waals surface area contributed by atoms with Crippen molar-refractivity contribution < 1.29 is 4.79 Å². The number of pyridine rings is 1. The van der Waals surface area contributed by atoms with Gasteiger partial charge in [-0.3, -0.25) is 4.79 Å². The van der Waals surface area contributed by atoms with Gasteiger partial charge >= 0.3 is 0 Å². The number of nitrogens with zero attached hydrogens (tertiary/aromatic N) is 3. The van der Waals surface area contributed by atoms with Gasteiger partial charge in [0.2, 0.25) is 11.0 Å². The van der Waals surface area contributed by atoms with Gasteiger partial charge in [-0.05, 0) is 26.0 Å². The number of hydrogen-bond acceptors (Lipinski definition) is 7. The van der Waals surface area contributed by atoms with Crippen LogP contribution < -0.4 is 10.6 Å². The lowest BCUT2D eigenvalue weighted by Crippen LogP contribution is -2.22. The lowest BCUT2D eigenvalue weighted by atomic mass is 10.4. The van der Waals surface area contributed by atoms with Gasteiger partial charge in [-0.15, -0.1) is 10.2 Å². The Kier molecular flexibility index (Phi) is 5.77. The number of carbonyl (C=O) groups excluding carboxylic acids is 1. The van der Waals surface area contributed by atoms with Gasteiger partial charge in [-0.25, -0.2) is 4.98 Å². The molecule has 2 N–H and O–H groups in total. The first-order valence-electron chi connectivity index (χ1n) is 6.25. The van der Waals surface area contributed by atoms with Crippen molar-refractivity contribution in [1.82, 2.24) is 15.2 Å². The third kappa shape index (κ3) is 4.83. The zero-order chi connectivity index (χ0) is 15.2. The minimum absolute atomic E-state index is 0.143. The summed E-state index contributed by atoms with van der Waals surface area (Å²) >= 11 is 8.53. The molecule has 0 fully saturated rings. The molecule has 0 bridgehead atoms. The maximum absolute atomic E-state index is 12.1. The molecule has 112 valence electrons. The van der Waals surface area contributed by atoms with E-state index in [1.54, 1.807) is 12.1 Å². The highest BCUT2D eigenvalue weighted by molar-refractivity contribution is 8.02. The van der Waals surface area contributed by atoms with Gasteiger partial charge in [0.05, 0.1) is 10.3 Å². The average Bonchev–Trinajstić information content (AvgIpc) is 2.89. The normalized spacial score (nSPS) is 12.0. The van der Waals surface area contributed by atoms with Gasteiger partial charge in [0.15, 0.2) is 4.34 Å². The van der Waals surface area contributed by atoms with Crippen LogP contribution in [0.2, 0.25) is 5.02 Å². The predicted molar refractivity (Wildman–Crippen MR) is 87.3 cm³/mol. The molecule has 0 unspecified atom stereocenters. The molecule has 21 heavy (non-hydrogen) atoms. The first kappa shape index (κ1) is 16.0.